The van der Waals surface area contributed by atoms with Gasteiger partial charge in [0.15, 0.2) is 0 Å². The molecule has 7 heteroatoms. The van der Waals surface area contributed by atoms with E-state index in [2.05, 4.69) is 31.3 Å². The first-order chi connectivity index (χ1) is 13.3. The van der Waals surface area contributed by atoms with Gasteiger partial charge in [-0.05, 0) is 35.4 Å². The van der Waals surface area contributed by atoms with Crippen molar-refractivity contribution < 1.29 is 4.74 Å². The summed E-state index contributed by atoms with van der Waals surface area (Å²) in [5, 5.41) is 13.9. The summed E-state index contributed by atoms with van der Waals surface area (Å²) in [6.45, 7) is 0.595. The average molecular weight is 356 g/mol. The van der Waals surface area contributed by atoms with E-state index in [0.29, 0.717) is 23.8 Å². The topological polar surface area (TPSA) is 99.5 Å². The first-order valence-corrected chi connectivity index (χ1v) is 8.34. The summed E-state index contributed by atoms with van der Waals surface area (Å²) in [7, 11) is 1.51. The Bertz CT molecular complexity index is 1130. The molecule has 0 spiro atoms. The highest BCUT2D eigenvalue weighted by atomic mass is 16.5. The molecule has 0 aromatic carbocycles. The van der Waals surface area contributed by atoms with E-state index in [1.165, 1.54) is 7.11 Å². The van der Waals surface area contributed by atoms with Crippen molar-refractivity contribution in [2.45, 2.75) is 6.54 Å². The fourth-order valence-corrected chi connectivity index (χ4v) is 2.98. The third kappa shape index (κ3) is 3.16. The van der Waals surface area contributed by atoms with E-state index in [4.69, 9.17) is 4.74 Å². The van der Waals surface area contributed by atoms with E-state index in [-0.39, 0.29) is 0 Å². The molecule has 2 N–H and O–H groups in total. The number of nitrogens with one attached hydrogen (secondary N) is 2. The molecule has 0 radical (unpaired) electrons. The molecule has 132 valence electrons. The van der Waals surface area contributed by atoms with Crippen molar-refractivity contribution in [3.8, 4) is 23.1 Å². The van der Waals surface area contributed by atoms with E-state index in [0.717, 1.165) is 27.7 Å². The molecule has 0 amide bonds. The Morgan fingerprint density at radius 2 is 2.15 bits per heavy atom. The van der Waals surface area contributed by atoms with Gasteiger partial charge in [0.05, 0.1) is 7.11 Å². The number of rotatable bonds is 5. The van der Waals surface area contributed by atoms with Gasteiger partial charge in [-0.25, -0.2) is 9.97 Å². The van der Waals surface area contributed by atoms with Crippen LogP contribution >= 0.6 is 0 Å². The minimum atomic E-state index is 0.306. The molecule has 0 fully saturated rings. The highest BCUT2D eigenvalue weighted by Crippen LogP contribution is 2.34. The normalized spacial score (nSPS) is 10.5. The minimum Gasteiger partial charge on any atom is -0.480 e. The van der Waals surface area contributed by atoms with Crippen LogP contribution in [0.4, 0.5) is 5.82 Å². The Kier molecular flexibility index (Phi) is 4.37. The van der Waals surface area contributed by atoms with Crippen LogP contribution in [-0.4, -0.2) is 27.0 Å². The molecule has 0 saturated heterocycles. The van der Waals surface area contributed by atoms with Gasteiger partial charge >= 0.3 is 0 Å². The van der Waals surface area contributed by atoms with Gasteiger partial charge in [0.25, 0.3) is 0 Å². The Morgan fingerprint density at radius 3 is 2.93 bits per heavy atom. The van der Waals surface area contributed by atoms with Crippen molar-refractivity contribution in [1.29, 1.82) is 5.26 Å². The predicted molar refractivity (Wildman–Crippen MR) is 102 cm³/mol. The standard InChI is InChI=1S/C20H16N6O/c1-27-20-17(10-21)14(4-8-24-20)16-9-18(26-19-15(16)5-7-23-19)25-12-13-3-2-6-22-11-13/h2-9,11H,12H2,1H3,(H2,23,25,26). The lowest BCUT2D eigenvalue weighted by atomic mass is 10.00. The largest absolute Gasteiger partial charge is 0.480 e. The monoisotopic (exact) mass is 356 g/mol. The second-order valence-corrected chi connectivity index (χ2v) is 5.86. The number of nitriles is 1. The number of ether oxygens (including phenoxy) is 1. The smallest absolute Gasteiger partial charge is 0.232 e. The fraction of sp³-hybridized carbons (Fsp3) is 0.100. The summed E-state index contributed by atoms with van der Waals surface area (Å²) >= 11 is 0. The summed E-state index contributed by atoms with van der Waals surface area (Å²) in [6, 6.07) is 11.8. The SMILES string of the molecule is COc1nccc(-c2cc(NCc3cccnc3)nc3[nH]ccc23)c1C#N. The van der Waals surface area contributed by atoms with Crippen LogP contribution in [0.1, 0.15) is 11.1 Å². The van der Waals surface area contributed by atoms with Gasteiger partial charge in [0.2, 0.25) is 5.88 Å². The molecule has 0 atom stereocenters. The number of methoxy groups -OCH3 is 1. The van der Waals surface area contributed by atoms with Crippen LogP contribution in [0.25, 0.3) is 22.2 Å². The second-order valence-electron chi connectivity index (χ2n) is 5.86. The van der Waals surface area contributed by atoms with Crippen LogP contribution in [0.3, 0.4) is 0 Å². The van der Waals surface area contributed by atoms with E-state index in [9.17, 15) is 5.26 Å². The lowest BCUT2D eigenvalue weighted by Gasteiger charge is -2.12. The number of hydrogen-bond donors (Lipinski definition) is 2. The lowest BCUT2D eigenvalue weighted by Crippen LogP contribution is -2.02. The number of aromatic amines is 1. The van der Waals surface area contributed by atoms with Crippen molar-refractivity contribution in [3.05, 3.63) is 66.2 Å². The van der Waals surface area contributed by atoms with Crippen LogP contribution in [-0.2, 0) is 6.54 Å². The molecular formula is C20H16N6O. The number of fused-ring (bicyclic) bond motifs is 1. The zero-order valence-electron chi connectivity index (χ0n) is 14.6. The number of pyridine rings is 3. The molecule has 0 aliphatic heterocycles. The van der Waals surface area contributed by atoms with Crippen LogP contribution < -0.4 is 10.1 Å². The summed E-state index contributed by atoms with van der Waals surface area (Å²) in [6.07, 6.45) is 7.01. The van der Waals surface area contributed by atoms with Crippen molar-refractivity contribution in [3.63, 3.8) is 0 Å². The highest BCUT2D eigenvalue weighted by molar-refractivity contribution is 5.96. The predicted octanol–water partition coefficient (Wildman–Crippen LogP) is 3.51. The number of anilines is 1. The zero-order valence-corrected chi connectivity index (χ0v) is 14.6. The third-order valence-electron chi connectivity index (χ3n) is 4.24. The van der Waals surface area contributed by atoms with Gasteiger partial charge in [-0.1, -0.05) is 6.07 Å². The van der Waals surface area contributed by atoms with Crippen molar-refractivity contribution in [1.82, 2.24) is 19.9 Å². The molecule has 4 heterocycles. The van der Waals surface area contributed by atoms with Crippen LogP contribution in [0.2, 0.25) is 0 Å². The van der Waals surface area contributed by atoms with E-state index < -0.39 is 0 Å². The molecule has 4 aromatic rings. The van der Waals surface area contributed by atoms with Gasteiger partial charge in [-0.3, -0.25) is 4.98 Å². The molecule has 27 heavy (non-hydrogen) atoms. The quantitative estimate of drug-likeness (QED) is 0.568. The Morgan fingerprint density at radius 1 is 1.22 bits per heavy atom. The highest BCUT2D eigenvalue weighted by Gasteiger charge is 2.16. The van der Waals surface area contributed by atoms with Crippen LogP contribution in [0, 0.1) is 11.3 Å². The molecular weight excluding hydrogens is 340 g/mol. The number of hydrogen-bond acceptors (Lipinski definition) is 6. The van der Waals surface area contributed by atoms with Crippen LogP contribution in [0.15, 0.2) is 55.1 Å². The first kappa shape index (κ1) is 16.5. The molecule has 4 rings (SSSR count). The van der Waals surface area contributed by atoms with Crippen molar-refractivity contribution in [2.24, 2.45) is 0 Å². The average Bonchev–Trinajstić information content (AvgIpc) is 3.20. The Hall–Kier alpha value is -3.92. The number of aromatic nitrogens is 4. The molecule has 0 unspecified atom stereocenters. The second kappa shape index (κ2) is 7.14. The number of H-pyrrole nitrogens is 1. The first-order valence-electron chi connectivity index (χ1n) is 8.34. The van der Waals surface area contributed by atoms with Crippen LogP contribution in [0.5, 0.6) is 5.88 Å². The van der Waals surface area contributed by atoms with Gasteiger partial charge in [-0.15, -0.1) is 0 Å². The maximum atomic E-state index is 9.62. The third-order valence-corrected chi connectivity index (χ3v) is 4.24. The van der Waals surface area contributed by atoms with Crippen molar-refractivity contribution in [2.75, 3.05) is 12.4 Å². The Labute approximate surface area is 155 Å². The summed E-state index contributed by atoms with van der Waals surface area (Å²) in [5.41, 5.74) is 3.82. The van der Waals surface area contributed by atoms with Gasteiger partial charge < -0.3 is 15.0 Å². The van der Waals surface area contributed by atoms with Gasteiger partial charge in [0, 0.05) is 42.3 Å². The molecule has 0 aliphatic carbocycles. The van der Waals surface area contributed by atoms with Gasteiger partial charge in [-0.2, -0.15) is 5.26 Å². The van der Waals surface area contributed by atoms with Gasteiger partial charge in [0.1, 0.15) is 23.1 Å². The molecule has 4 aromatic heterocycles. The summed E-state index contributed by atoms with van der Waals surface area (Å²) in [4.78, 5) is 16.0. The zero-order chi connectivity index (χ0) is 18.6. The minimum absolute atomic E-state index is 0.306. The molecule has 7 nitrogen and oxygen atoms in total. The van der Waals surface area contributed by atoms with Crippen molar-refractivity contribution >= 4 is 16.9 Å². The Balaban J connectivity index is 1.79. The molecule has 0 aliphatic rings. The maximum absolute atomic E-state index is 9.62. The van der Waals surface area contributed by atoms with E-state index >= 15 is 0 Å². The molecule has 0 bridgehead atoms. The van der Waals surface area contributed by atoms with E-state index in [1.54, 1.807) is 12.4 Å². The lowest BCUT2D eigenvalue weighted by molar-refractivity contribution is 0.397. The summed E-state index contributed by atoms with van der Waals surface area (Å²) < 4.78 is 5.25. The maximum Gasteiger partial charge on any atom is 0.232 e. The summed E-state index contributed by atoms with van der Waals surface area (Å²) in [5.74, 6) is 1.00. The fourth-order valence-electron chi connectivity index (χ4n) is 2.98. The number of nitrogens with zero attached hydrogens (tertiary/aromatic N) is 4. The molecule has 0 saturated carbocycles. The van der Waals surface area contributed by atoms with E-state index in [1.807, 2.05) is 42.7 Å².